The van der Waals surface area contributed by atoms with Gasteiger partial charge in [-0.25, -0.2) is 0 Å². The van der Waals surface area contributed by atoms with E-state index in [-0.39, 0.29) is 0 Å². The van der Waals surface area contributed by atoms with Crippen LogP contribution in [0.25, 0.3) is 22.2 Å². The third kappa shape index (κ3) is 1.71. The second-order valence-corrected chi connectivity index (χ2v) is 4.43. The number of fused-ring (bicyclic) bond motifs is 1. The molecule has 2 nitrogen and oxygen atoms in total. The summed E-state index contributed by atoms with van der Waals surface area (Å²) in [5.41, 5.74) is 3.23. The Morgan fingerprint density at radius 2 is 1.71 bits per heavy atom. The first-order chi connectivity index (χ1) is 8.25. The highest BCUT2D eigenvalue weighted by Gasteiger charge is 2.09. The summed E-state index contributed by atoms with van der Waals surface area (Å²) >= 11 is 5.90. The Morgan fingerprint density at radius 1 is 1.00 bits per heavy atom. The van der Waals surface area contributed by atoms with Crippen molar-refractivity contribution in [2.75, 3.05) is 0 Å². The molecule has 1 heterocycles. The molecule has 0 N–H and O–H groups in total. The maximum Gasteiger partial charge on any atom is 0.100 e. The zero-order valence-electron chi connectivity index (χ0n) is 9.39. The Bertz CT molecular complexity index is 668. The summed E-state index contributed by atoms with van der Waals surface area (Å²) in [7, 11) is 1.96. The Morgan fingerprint density at radius 3 is 2.47 bits per heavy atom. The summed E-state index contributed by atoms with van der Waals surface area (Å²) < 4.78 is 1.90. The molecule has 0 saturated heterocycles. The molecule has 0 amide bonds. The van der Waals surface area contributed by atoms with Crippen molar-refractivity contribution in [1.29, 1.82) is 0 Å². The maximum atomic E-state index is 5.90. The quantitative estimate of drug-likeness (QED) is 0.633. The zero-order chi connectivity index (χ0) is 11.8. The number of aryl methyl sites for hydroxylation is 1. The lowest BCUT2D eigenvalue weighted by molar-refractivity contribution is 0.800. The molecule has 0 atom stereocenters. The lowest BCUT2D eigenvalue weighted by atomic mass is 10.1. The summed E-state index contributed by atoms with van der Waals surface area (Å²) in [5.74, 6) is 0. The second kappa shape index (κ2) is 3.90. The van der Waals surface area contributed by atoms with Crippen LogP contribution in [0, 0.1) is 0 Å². The molecular weight excluding hydrogens is 232 g/mol. The Hall–Kier alpha value is -1.80. The molecule has 2 aromatic carbocycles. The molecule has 0 spiro atoms. The van der Waals surface area contributed by atoms with Gasteiger partial charge in [0.15, 0.2) is 0 Å². The van der Waals surface area contributed by atoms with E-state index in [1.807, 2.05) is 48.1 Å². The fourth-order valence-electron chi connectivity index (χ4n) is 2.03. The van der Waals surface area contributed by atoms with Gasteiger partial charge in [0.05, 0.1) is 5.52 Å². The van der Waals surface area contributed by atoms with Gasteiger partial charge in [-0.15, -0.1) is 0 Å². The smallest absolute Gasteiger partial charge is 0.100 e. The third-order valence-electron chi connectivity index (χ3n) is 2.88. The van der Waals surface area contributed by atoms with Gasteiger partial charge >= 0.3 is 0 Å². The van der Waals surface area contributed by atoms with E-state index in [2.05, 4.69) is 17.2 Å². The van der Waals surface area contributed by atoms with E-state index in [1.54, 1.807) is 0 Å². The number of para-hydroxylation sites is 1. The number of halogens is 1. The minimum atomic E-state index is 0.744. The van der Waals surface area contributed by atoms with Crippen molar-refractivity contribution < 1.29 is 0 Å². The van der Waals surface area contributed by atoms with Crippen molar-refractivity contribution in [3.05, 3.63) is 53.6 Å². The van der Waals surface area contributed by atoms with E-state index < -0.39 is 0 Å². The molecule has 3 heteroatoms. The third-order valence-corrected chi connectivity index (χ3v) is 3.13. The van der Waals surface area contributed by atoms with Crippen LogP contribution in [0.2, 0.25) is 5.02 Å². The highest BCUT2D eigenvalue weighted by Crippen LogP contribution is 2.27. The number of hydrogen-bond acceptors (Lipinski definition) is 1. The van der Waals surface area contributed by atoms with E-state index in [0.717, 1.165) is 27.2 Å². The van der Waals surface area contributed by atoms with Crippen molar-refractivity contribution in [3.63, 3.8) is 0 Å². The molecular formula is C14H11ClN2. The predicted molar refractivity (Wildman–Crippen MR) is 71.2 cm³/mol. The van der Waals surface area contributed by atoms with Crippen LogP contribution >= 0.6 is 11.6 Å². The van der Waals surface area contributed by atoms with E-state index in [9.17, 15) is 0 Å². The fraction of sp³-hybridized carbons (Fsp3) is 0.0714. The molecule has 84 valence electrons. The summed E-state index contributed by atoms with van der Waals surface area (Å²) in [5, 5.41) is 6.47. The van der Waals surface area contributed by atoms with Crippen molar-refractivity contribution >= 4 is 22.5 Å². The van der Waals surface area contributed by atoms with Gasteiger partial charge in [-0.05, 0) is 18.2 Å². The van der Waals surface area contributed by atoms with Gasteiger partial charge < -0.3 is 0 Å². The zero-order valence-corrected chi connectivity index (χ0v) is 10.1. The van der Waals surface area contributed by atoms with Crippen LogP contribution in [0.1, 0.15) is 0 Å². The van der Waals surface area contributed by atoms with Crippen LogP contribution in [-0.4, -0.2) is 9.78 Å². The highest BCUT2D eigenvalue weighted by atomic mass is 35.5. The molecule has 0 bridgehead atoms. The lowest BCUT2D eigenvalue weighted by Crippen LogP contribution is -1.89. The van der Waals surface area contributed by atoms with Crippen molar-refractivity contribution in [1.82, 2.24) is 9.78 Å². The first kappa shape index (κ1) is 10.4. The largest absolute Gasteiger partial charge is 0.267 e. The molecule has 17 heavy (non-hydrogen) atoms. The van der Waals surface area contributed by atoms with Crippen LogP contribution in [0.15, 0.2) is 48.5 Å². The highest BCUT2D eigenvalue weighted by molar-refractivity contribution is 6.30. The number of nitrogens with zero attached hydrogens (tertiary/aromatic N) is 2. The van der Waals surface area contributed by atoms with Crippen molar-refractivity contribution in [2.24, 2.45) is 7.05 Å². The first-order valence-corrected chi connectivity index (χ1v) is 5.81. The average molecular weight is 243 g/mol. The Labute approximate surface area is 104 Å². The van der Waals surface area contributed by atoms with Gasteiger partial charge in [-0.2, -0.15) is 5.10 Å². The number of rotatable bonds is 1. The number of hydrogen-bond donors (Lipinski definition) is 0. The van der Waals surface area contributed by atoms with Crippen LogP contribution in [0.4, 0.5) is 0 Å². The molecule has 0 radical (unpaired) electrons. The number of aromatic nitrogens is 2. The summed E-state index contributed by atoms with van der Waals surface area (Å²) in [6.07, 6.45) is 0. The Balaban J connectivity index is 2.27. The monoisotopic (exact) mass is 242 g/mol. The van der Waals surface area contributed by atoms with Gasteiger partial charge in [0.2, 0.25) is 0 Å². The lowest BCUT2D eigenvalue weighted by Gasteiger charge is -1.97. The van der Waals surface area contributed by atoms with E-state index in [0.29, 0.717) is 0 Å². The minimum absolute atomic E-state index is 0.744. The standard InChI is InChI=1S/C14H11ClN2/c1-17-13-5-3-2-4-12(13)14(16-17)10-6-8-11(15)9-7-10/h2-9H,1H3. The normalized spacial score (nSPS) is 10.9. The van der Waals surface area contributed by atoms with Gasteiger partial charge in [-0.3, -0.25) is 4.68 Å². The summed E-state index contributed by atoms with van der Waals surface area (Å²) in [4.78, 5) is 0. The predicted octanol–water partition coefficient (Wildman–Crippen LogP) is 3.89. The van der Waals surface area contributed by atoms with Gasteiger partial charge in [0.1, 0.15) is 5.69 Å². The average Bonchev–Trinajstić information content (AvgIpc) is 2.69. The van der Waals surface area contributed by atoms with Crippen LogP contribution in [0.3, 0.4) is 0 Å². The molecule has 0 unspecified atom stereocenters. The van der Waals surface area contributed by atoms with E-state index in [1.165, 1.54) is 0 Å². The van der Waals surface area contributed by atoms with Crippen LogP contribution in [-0.2, 0) is 7.05 Å². The molecule has 3 aromatic rings. The van der Waals surface area contributed by atoms with E-state index in [4.69, 9.17) is 11.6 Å². The van der Waals surface area contributed by atoms with Crippen molar-refractivity contribution in [3.8, 4) is 11.3 Å². The Kier molecular flexibility index (Phi) is 2.37. The van der Waals surface area contributed by atoms with Gasteiger partial charge in [0, 0.05) is 23.0 Å². The van der Waals surface area contributed by atoms with Crippen LogP contribution in [0.5, 0.6) is 0 Å². The SMILES string of the molecule is Cn1nc(-c2ccc(Cl)cc2)c2ccccc21. The number of benzene rings is 2. The maximum absolute atomic E-state index is 5.90. The van der Waals surface area contributed by atoms with Gasteiger partial charge in [0.25, 0.3) is 0 Å². The molecule has 0 aliphatic rings. The first-order valence-electron chi connectivity index (χ1n) is 5.43. The van der Waals surface area contributed by atoms with Crippen LogP contribution < -0.4 is 0 Å². The molecule has 0 fully saturated rings. The molecule has 1 aromatic heterocycles. The molecule has 0 saturated carbocycles. The van der Waals surface area contributed by atoms with Gasteiger partial charge in [-0.1, -0.05) is 41.9 Å². The summed E-state index contributed by atoms with van der Waals surface area (Å²) in [6.45, 7) is 0. The second-order valence-electron chi connectivity index (χ2n) is 4.00. The molecule has 3 rings (SSSR count). The fourth-order valence-corrected chi connectivity index (χ4v) is 2.16. The summed E-state index contributed by atoms with van der Waals surface area (Å²) in [6, 6.07) is 16.0. The molecule has 0 aliphatic heterocycles. The topological polar surface area (TPSA) is 17.8 Å². The van der Waals surface area contributed by atoms with Crippen molar-refractivity contribution in [2.45, 2.75) is 0 Å². The van der Waals surface area contributed by atoms with E-state index >= 15 is 0 Å². The molecule has 0 aliphatic carbocycles. The minimum Gasteiger partial charge on any atom is -0.267 e.